The first-order valence-electron chi connectivity index (χ1n) is 5.24. The fourth-order valence-electron chi connectivity index (χ4n) is 1.28. The monoisotopic (exact) mass is 286 g/mol. The van der Waals surface area contributed by atoms with E-state index in [0.717, 1.165) is 11.2 Å². The van der Waals surface area contributed by atoms with Crippen molar-refractivity contribution >= 4 is 27.5 Å². The van der Waals surface area contributed by atoms with Gasteiger partial charge >= 0.3 is 12.0 Å². The predicted octanol–water partition coefficient (Wildman–Crippen LogP) is 0.638. The number of aliphatic carboxylic acids is 1. The summed E-state index contributed by atoms with van der Waals surface area (Å²) in [5.41, 5.74) is 0.384. The molecule has 0 bridgehead atoms. The summed E-state index contributed by atoms with van der Waals surface area (Å²) >= 11 is 0. The number of sulfone groups is 1. The van der Waals surface area contributed by atoms with Crippen LogP contribution in [-0.2, 0) is 14.6 Å². The van der Waals surface area contributed by atoms with E-state index in [1.807, 2.05) is 0 Å². The van der Waals surface area contributed by atoms with E-state index >= 15 is 0 Å². The van der Waals surface area contributed by atoms with Crippen LogP contribution in [0.5, 0.6) is 0 Å². The lowest BCUT2D eigenvalue weighted by Crippen LogP contribution is -2.35. The van der Waals surface area contributed by atoms with Crippen molar-refractivity contribution in [3.63, 3.8) is 0 Å². The number of rotatable bonds is 4. The van der Waals surface area contributed by atoms with E-state index in [9.17, 15) is 18.0 Å². The van der Waals surface area contributed by atoms with Gasteiger partial charge < -0.3 is 15.3 Å². The van der Waals surface area contributed by atoms with Crippen molar-refractivity contribution in [2.24, 2.45) is 0 Å². The summed E-state index contributed by atoms with van der Waals surface area (Å²) in [6.07, 6.45) is 1.08. The number of carboxylic acids is 1. The molecule has 1 aromatic rings. The van der Waals surface area contributed by atoms with Crippen LogP contribution >= 0.6 is 0 Å². The van der Waals surface area contributed by atoms with Gasteiger partial charge in [0.25, 0.3) is 0 Å². The molecule has 104 valence electrons. The summed E-state index contributed by atoms with van der Waals surface area (Å²) in [6.45, 7) is -0.423. The highest BCUT2D eigenvalue weighted by Crippen LogP contribution is 2.14. The van der Waals surface area contributed by atoms with Gasteiger partial charge in [-0.3, -0.25) is 4.79 Å². The van der Waals surface area contributed by atoms with Crippen LogP contribution in [-0.4, -0.2) is 50.3 Å². The van der Waals surface area contributed by atoms with Crippen molar-refractivity contribution in [3.8, 4) is 0 Å². The second-order valence-corrected chi connectivity index (χ2v) is 5.99. The average Bonchev–Trinajstić information content (AvgIpc) is 2.27. The van der Waals surface area contributed by atoms with Crippen molar-refractivity contribution in [1.29, 1.82) is 0 Å². The van der Waals surface area contributed by atoms with Gasteiger partial charge in [0.2, 0.25) is 0 Å². The van der Waals surface area contributed by atoms with Gasteiger partial charge in [-0.2, -0.15) is 0 Å². The first-order chi connectivity index (χ1) is 8.70. The third-order valence-corrected chi connectivity index (χ3v) is 3.38. The Morgan fingerprint density at radius 1 is 1.26 bits per heavy atom. The molecule has 0 unspecified atom stereocenters. The number of amides is 2. The van der Waals surface area contributed by atoms with Gasteiger partial charge in [0.1, 0.15) is 6.54 Å². The van der Waals surface area contributed by atoms with Gasteiger partial charge in [-0.1, -0.05) is 0 Å². The number of anilines is 1. The maximum absolute atomic E-state index is 11.6. The minimum atomic E-state index is -3.28. The van der Waals surface area contributed by atoms with E-state index in [2.05, 4.69) is 5.32 Å². The Morgan fingerprint density at radius 3 is 2.21 bits per heavy atom. The highest BCUT2D eigenvalue weighted by molar-refractivity contribution is 7.90. The molecule has 1 rings (SSSR count). The first kappa shape index (κ1) is 15.0. The van der Waals surface area contributed by atoms with Crippen molar-refractivity contribution < 1.29 is 23.1 Å². The molecule has 0 heterocycles. The summed E-state index contributed by atoms with van der Waals surface area (Å²) in [5.74, 6) is -1.12. The largest absolute Gasteiger partial charge is 0.480 e. The van der Waals surface area contributed by atoms with E-state index in [0.29, 0.717) is 5.69 Å². The zero-order valence-electron chi connectivity index (χ0n) is 10.5. The summed E-state index contributed by atoms with van der Waals surface area (Å²) in [4.78, 5) is 23.1. The van der Waals surface area contributed by atoms with Crippen molar-refractivity contribution in [3.05, 3.63) is 24.3 Å². The Kier molecular flexibility index (Phi) is 4.49. The number of carbonyl (C=O) groups is 2. The van der Waals surface area contributed by atoms with Crippen LogP contribution in [0.1, 0.15) is 0 Å². The van der Waals surface area contributed by atoms with Crippen LogP contribution in [0.15, 0.2) is 29.2 Å². The molecule has 0 saturated carbocycles. The lowest BCUT2D eigenvalue weighted by Gasteiger charge is -2.15. The highest BCUT2D eigenvalue weighted by Gasteiger charge is 2.12. The number of urea groups is 1. The molecule has 2 N–H and O–H groups in total. The number of carboxylic acid groups (broad SMARTS) is 1. The third kappa shape index (κ3) is 4.59. The van der Waals surface area contributed by atoms with Gasteiger partial charge in [-0.15, -0.1) is 0 Å². The fraction of sp³-hybridized carbons (Fsp3) is 0.273. The van der Waals surface area contributed by atoms with Gasteiger partial charge in [0, 0.05) is 19.0 Å². The van der Waals surface area contributed by atoms with Gasteiger partial charge in [-0.05, 0) is 24.3 Å². The van der Waals surface area contributed by atoms with E-state index < -0.39 is 28.4 Å². The van der Waals surface area contributed by atoms with E-state index in [1.165, 1.54) is 31.3 Å². The molecule has 8 heteroatoms. The Balaban J connectivity index is 2.73. The summed E-state index contributed by atoms with van der Waals surface area (Å²) < 4.78 is 22.5. The Morgan fingerprint density at radius 2 is 1.79 bits per heavy atom. The minimum absolute atomic E-state index is 0.143. The minimum Gasteiger partial charge on any atom is -0.480 e. The lowest BCUT2D eigenvalue weighted by atomic mass is 10.3. The van der Waals surface area contributed by atoms with E-state index in [-0.39, 0.29) is 4.90 Å². The normalized spacial score (nSPS) is 10.8. The van der Waals surface area contributed by atoms with Crippen LogP contribution in [0.4, 0.5) is 10.5 Å². The molecule has 1 aromatic carbocycles. The quantitative estimate of drug-likeness (QED) is 0.845. The Hall–Kier alpha value is -2.09. The van der Waals surface area contributed by atoms with Crippen LogP contribution in [0, 0.1) is 0 Å². The molecule has 0 radical (unpaired) electrons. The number of hydrogen-bond acceptors (Lipinski definition) is 4. The van der Waals surface area contributed by atoms with Crippen molar-refractivity contribution in [1.82, 2.24) is 4.90 Å². The van der Waals surface area contributed by atoms with Crippen LogP contribution in [0.2, 0.25) is 0 Å². The molecule has 7 nitrogen and oxygen atoms in total. The Labute approximate surface area is 110 Å². The molecule has 0 fully saturated rings. The summed E-state index contributed by atoms with van der Waals surface area (Å²) in [7, 11) is -1.94. The second kappa shape index (κ2) is 5.70. The number of likely N-dealkylation sites (N-methyl/N-ethyl adjacent to an activating group) is 1. The van der Waals surface area contributed by atoms with Gasteiger partial charge in [0.05, 0.1) is 4.90 Å². The van der Waals surface area contributed by atoms with Crippen molar-refractivity contribution in [2.75, 3.05) is 25.2 Å². The number of hydrogen-bond donors (Lipinski definition) is 2. The van der Waals surface area contributed by atoms with Crippen LogP contribution < -0.4 is 5.32 Å². The molecule has 0 aliphatic heterocycles. The van der Waals surface area contributed by atoms with Gasteiger partial charge in [-0.25, -0.2) is 13.2 Å². The fourth-order valence-corrected chi connectivity index (χ4v) is 1.91. The summed E-state index contributed by atoms with van der Waals surface area (Å²) in [5, 5.41) is 11.0. The first-order valence-corrected chi connectivity index (χ1v) is 7.13. The molecular weight excluding hydrogens is 272 g/mol. The molecule has 0 aliphatic carbocycles. The SMILES string of the molecule is CN(CC(=O)O)C(=O)Nc1ccc(S(C)(=O)=O)cc1. The number of nitrogens with one attached hydrogen (secondary N) is 1. The Bertz CT molecular complexity index is 580. The van der Waals surface area contributed by atoms with Crippen molar-refractivity contribution in [2.45, 2.75) is 4.90 Å². The maximum atomic E-state index is 11.6. The smallest absolute Gasteiger partial charge is 0.323 e. The lowest BCUT2D eigenvalue weighted by molar-refractivity contribution is -0.137. The number of carbonyl (C=O) groups excluding carboxylic acids is 1. The van der Waals surface area contributed by atoms with Gasteiger partial charge in [0.15, 0.2) is 9.84 Å². The summed E-state index contributed by atoms with van der Waals surface area (Å²) in [6, 6.07) is 5.00. The molecule has 0 aromatic heterocycles. The molecule has 0 atom stereocenters. The van der Waals surface area contributed by atoms with Crippen LogP contribution in [0.25, 0.3) is 0 Å². The number of benzene rings is 1. The topological polar surface area (TPSA) is 104 Å². The maximum Gasteiger partial charge on any atom is 0.323 e. The molecule has 0 saturated heterocycles. The molecule has 0 spiro atoms. The predicted molar refractivity (Wildman–Crippen MR) is 68.8 cm³/mol. The molecule has 2 amide bonds. The standard InChI is InChI=1S/C11H14N2O5S/c1-13(7-10(14)15)11(16)12-8-3-5-9(6-4-8)19(2,17)18/h3-6H,7H2,1-2H3,(H,12,16)(H,14,15). The van der Waals surface area contributed by atoms with Crippen LogP contribution in [0.3, 0.4) is 0 Å². The molecular formula is C11H14N2O5S. The highest BCUT2D eigenvalue weighted by atomic mass is 32.2. The van der Waals surface area contributed by atoms with E-state index in [4.69, 9.17) is 5.11 Å². The molecule has 0 aliphatic rings. The zero-order valence-corrected chi connectivity index (χ0v) is 11.3. The average molecular weight is 286 g/mol. The third-order valence-electron chi connectivity index (χ3n) is 2.25. The zero-order chi connectivity index (χ0) is 14.6. The number of nitrogens with zero attached hydrogens (tertiary/aromatic N) is 1. The second-order valence-electron chi connectivity index (χ2n) is 3.98. The molecule has 19 heavy (non-hydrogen) atoms. The van der Waals surface area contributed by atoms with E-state index in [1.54, 1.807) is 0 Å².